The lowest BCUT2D eigenvalue weighted by molar-refractivity contribution is 0.237. The lowest BCUT2D eigenvalue weighted by atomic mass is 10.0. The highest BCUT2D eigenvalue weighted by atomic mass is 16.5. The van der Waals surface area contributed by atoms with Gasteiger partial charge in [-0.2, -0.15) is 0 Å². The van der Waals surface area contributed by atoms with Crippen LogP contribution in [0.2, 0.25) is 0 Å². The molecule has 1 unspecified atom stereocenters. The van der Waals surface area contributed by atoms with Crippen LogP contribution in [0.5, 0.6) is 0 Å². The minimum Gasteiger partial charge on any atom is -0.441 e. The topological polar surface area (TPSA) is 55.3 Å². The number of hydrogen-bond acceptors (Lipinski definition) is 5. The Balaban J connectivity index is 1.63. The van der Waals surface area contributed by atoms with Crippen molar-refractivity contribution in [3.8, 4) is 11.5 Å². The number of aromatic nitrogens is 2. The zero-order chi connectivity index (χ0) is 18.1. The van der Waals surface area contributed by atoms with Gasteiger partial charge in [-0.25, -0.2) is 4.98 Å². The van der Waals surface area contributed by atoms with Crippen molar-refractivity contribution in [1.82, 2.24) is 15.0 Å². The normalized spacial score (nSPS) is 12.8. The maximum absolute atomic E-state index is 6.01. The highest BCUT2D eigenvalue weighted by Crippen LogP contribution is 2.30. The third-order valence-electron chi connectivity index (χ3n) is 4.86. The predicted octanol–water partition coefficient (Wildman–Crippen LogP) is 4.98. The van der Waals surface area contributed by atoms with E-state index >= 15 is 0 Å². The Morgan fingerprint density at radius 3 is 2.69 bits per heavy atom. The second kappa shape index (κ2) is 6.77. The number of benzene rings is 2. The summed E-state index contributed by atoms with van der Waals surface area (Å²) in [6, 6.07) is 16.5. The average molecular weight is 347 g/mol. The number of nitrogens with zero attached hydrogens (tertiary/aromatic N) is 3. The maximum Gasteiger partial charge on any atom is 0.227 e. The van der Waals surface area contributed by atoms with Crippen molar-refractivity contribution < 1.29 is 8.94 Å². The molecule has 0 amide bonds. The fraction of sp³-hybridized carbons (Fsp3) is 0.238. The Bertz CT molecular complexity index is 1020. The zero-order valence-electron chi connectivity index (χ0n) is 15.1. The van der Waals surface area contributed by atoms with E-state index in [4.69, 9.17) is 13.9 Å². The maximum atomic E-state index is 6.01. The van der Waals surface area contributed by atoms with Gasteiger partial charge in [0.15, 0.2) is 0 Å². The number of hydrogen-bond donors (Lipinski definition) is 0. The second-order valence-electron chi connectivity index (χ2n) is 6.56. The fourth-order valence-electron chi connectivity index (χ4n) is 3.14. The molecule has 0 saturated heterocycles. The van der Waals surface area contributed by atoms with Crippen molar-refractivity contribution in [1.29, 1.82) is 0 Å². The minimum atomic E-state index is 0.130. The number of aryl methyl sites for hydroxylation is 1. The van der Waals surface area contributed by atoms with Gasteiger partial charge in [0.1, 0.15) is 17.7 Å². The van der Waals surface area contributed by atoms with Gasteiger partial charge in [-0.05, 0) is 37.7 Å². The third-order valence-corrected chi connectivity index (χ3v) is 4.86. The summed E-state index contributed by atoms with van der Waals surface area (Å²) in [5.41, 5.74) is 2.86. The molecule has 0 spiro atoms. The summed E-state index contributed by atoms with van der Waals surface area (Å²) in [6.07, 6.45) is 1.60. The zero-order valence-corrected chi connectivity index (χ0v) is 15.1. The summed E-state index contributed by atoms with van der Waals surface area (Å²) in [7, 11) is 2.05. The molecular weight excluding hydrogens is 326 g/mol. The summed E-state index contributed by atoms with van der Waals surface area (Å²) in [6.45, 7) is 4.73. The Kier molecular flexibility index (Phi) is 4.31. The number of rotatable bonds is 5. The Labute approximate surface area is 152 Å². The molecule has 0 aliphatic carbocycles. The fourth-order valence-corrected chi connectivity index (χ4v) is 3.14. The monoisotopic (exact) mass is 347 g/mol. The largest absolute Gasteiger partial charge is 0.441 e. The quantitative estimate of drug-likeness (QED) is 0.509. The molecular formula is C21H21N3O2. The molecule has 2 heterocycles. The van der Waals surface area contributed by atoms with Crippen molar-refractivity contribution >= 4 is 10.8 Å². The first kappa shape index (κ1) is 16.5. The summed E-state index contributed by atoms with van der Waals surface area (Å²) in [5.74, 6) is 1.50. The van der Waals surface area contributed by atoms with Gasteiger partial charge in [-0.15, -0.1) is 0 Å². The van der Waals surface area contributed by atoms with Crippen LogP contribution < -0.4 is 0 Å². The minimum absolute atomic E-state index is 0.130. The molecule has 0 N–H and O–H groups in total. The second-order valence-corrected chi connectivity index (χ2v) is 6.56. The van der Waals surface area contributed by atoms with Gasteiger partial charge in [0.25, 0.3) is 0 Å². The van der Waals surface area contributed by atoms with E-state index in [1.54, 1.807) is 6.26 Å². The SMILES string of the molecule is Cc1oc(-c2cccc3ccccc23)nc1CN(C)C(C)c1ccon1. The molecule has 2 aromatic carbocycles. The first-order valence-corrected chi connectivity index (χ1v) is 8.68. The smallest absolute Gasteiger partial charge is 0.227 e. The number of oxazole rings is 1. The molecule has 5 heteroatoms. The molecule has 0 aliphatic heterocycles. The van der Waals surface area contributed by atoms with Gasteiger partial charge >= 0.3 is 0 Å². The molecule has 5 nitrogen and oxygen atoms in total. The molecule has 0 aliphatic rings. The molecule has 1 atom stereocenters. The Morgan fingerprint density at radius 2 is 1.88 bits per heavy atom. The van der Waals surface area contributed by atoms with Crippen LogP contribution in [0.1, 0.15) is 30.1 Å². The lowest BCUT2D eigenvalue weighted by Gasteiger charge is -2.21. The van der Waals surface area contributed by atoms with Gasteiger partial charge in [0, 0.05) is 18.2 Å². The molecule has 0 radical (unpaired) electrons. The molecule has 0 fully saturated rings. The van der Waals surface area contributed by atoms with Crippen molar-refractivity contribution in [2.24, 2.45) is 0 Å². The van der Waals surface area contributed by atoms with E-state index < -0.39 is 0 Å². The van der Waals surface area contributed by atoms with E-state index in [-0.39, 0.29) is 6.04 Å². The van der Waals surface area contributed by atoms with E-state index in [0.29, 0.717) is 12.4 Å². The van der Waals surface area contributed by atoms with Gasteiger partial charge in [-0.1, -0.05) is 41.6 Å². The molecule has 0 saturated carbocycles. The summed E-state index contributed by atoms with van der Waals surface area (Å²) in [5, 5.41) is 6.35. The van der Waals surface area contributed by atoms with Crippen molar-refractivity contribution in [2.45, 2.75) is 26.4 Å². The molecule has 4 rings (SSSR count). The first-order chi connectivity index (χ1) is 12.6. The average Bonchev–Trinajstić information content (AvgIpc) is 3.31. The van der Waals surface area contributed by atoms with Crippen molar-refractivity contribution in [3.05, 3.63) is 71.9 Å². The third kappa shape index (κ3) is 3.02. The van der Waals surface area contributed by atoms with E-state index in [1.807, 2.05) is 38.2 Å². The Hall–Kier alpha value is -2.92. The summed E-state index contributed by atoms with van der Waals surface area (Å²) < 4.78 is 11.0. The van der Waals surface area contributed by atoms with Crippen LogP contribution in [0, 0.1) is 6.92 Å². The number of fused-ring (bicyclic) bond motifs is 1. The van der Waals surface area contributed by atoms with Crippen LogP contribution >= 0.6 is 0 Å². The molecule has 26 heavy (non-hydrogen) atoms. The van der Waals surface area contributed by atoms with Gasteiger partial charge in [0.05, 0.1) is 11.7 Å². The molecule has 132 valence electrons. The van der Waals surface area contributed by atoms with Crippen molar-refractivity contribution in [2.75, 3.05) is 7.05 Å². The van der Waals surface area contributed by atoms with Gasteiger partial charge in [-0.3, -0.25) is 4.90 Å². The Morgan fingerprint density at radius 1 is 1.08 bits per heavy atom. The predicted molar refractivity (Wildman–Crippen MR) is 101 cm³/mol. The van der Waals surface area contributed by atoms with E-state index in [9.17, 15) is 0 Å². The summed E-state index contributed by atoms with van der Waals surface area (Å²) >= 11 is 0. The van der Waals surface area contributed by atoms with Gasteiger partial charge in [0.2, 0.25) is 5.89 Å². The van der Waals surface area contributed by atoms with Crippen LogP contribution in [-0.4, -0.2) is 22.1 Å². The van der Waals surface area contributed by atoms with Crippen LogP contribution in [0.25, 0.3) is 22.2 Å². The standard InChI is InChI=1S/C21H21N3O2/c1-14(19-11-12-25-23-19)24(3)13-20-15(2)26-21(22-20)18-10-6-8-16-7-4-5-9-17(16)18/h4-12,14H,13H2,1-3H3. The van der Waals surface area contributed by atoms with Crippen molar-refractivity contribution in [3.63, 3.8) is 0 Å². The van der Waals surface area contributed by atoms with E-state index in [1.165, 1.54) is 5.39 Å². The highest BCUT2D eigenvalue weighted by Gasteiger charge is 2.19. The molecule has 4 aromatic rings. The van der Waals surface area contributed by atoms with Crippen LogP contribution in [0.15, 0.2) is 63.7 Å². The first-order valence-electron chi connectivity index (χ1n) is 8.68. The highest BCUT2D eigenvalue weighted by molar-refractivity contribution is 5.94. The summed E-state index contributed by atoms with van der Waals surface area (Å²) in [4.78, 5) is 6.96. The van der Waals surface area contributed by atoms with Crippen LogP contribution in [-0.2, 0) is 6.54 Å². The van der Waals surface area contributed by atoms with E-state index in [0.717, 1.165) is 28.1 Å². The lowest BCUT2D eigenvalue weighted by Crippen LogP contribution is -2.22. The van der Waals surface area contributed by atoms with Crippen LogP contribution in [0.3, 0.4) is 0 Å². The van der Waals surface area contributed by atoms with E-state index in [2.05, 4.69) is 41.2 Å². The van der Waals surface area contributed by atoms with Crippen LogP contribution in [0.4, 0.5) is 0 Å². The molecule has 0 bridgehead atoms. The van der Waals surface area contributed by atoms with Gasteiger partial charge < -0.3 is 8.94 Å². The molecule has 2 aromatic heterocycles.